The Kier molecular flexibility index (Phi) is 8.68. The van der Waals surface area contributed by atoms with E-state index < -0.39 is 5.91 Å². The number of amidine groups is 1. The van der Waals surface area contributed by atoms with Crippen molar-refractivity contribution in [2.75, 3.05) is 19.6 Å². The Morgan fingerprint density at radius 1 is 1.14 bits per heavy atom. The van der Waals surface area contributed by atoms with Crippen LogP contribution in [0.15, 0.2) is 51.4 Å². The summed E-state index contributed by atoms with van der Waals surface area (Å²) in [5.41, 5.74) is 1.16. The summed E-state index contributed by atoms with van der Waals surface area (Å²) in [5.74, 6) is -0.266. The first kappa shape index (κ1) is 21.6. The number of nitrogens with zero attached hydrogens (tertiary/aromatic N) is 4. The van der Waals surface area contributed by atoms with Crippen LogP contribution in [-0.2, 0) is 9.59 Å². The van der Waals surface area contributed by atoms with E-state index >= 15 is 0 Å². The molecule has 2 aliphatic heterocycles. The topological polar surface area (TPSA) is 86.5 Å². The fourth-order valence-corrected chi connectivity index (χ4v) is 3.07. The van der Waals surface area contributed by atoms with Crippen molar-refractivity contribution in [3.63, 3.8) is 0 Å². The van der Waals surface area contributed by atoms with Crippen molar-refractivity contribution in [1.82, 2.24) is 10.2 Å². The van der Waals surface area contributed by atoms with E-state index in [1.54, 1.807) is 18.4 Å². The average molecular weight is 383 g/mol. The molecule has 0 aromatic carbocycles. The summed E-state index contributed by atoms with van der Waals surface area (Å²) >= 11 is 0. The molecule has 0 unspecified atom stereocenters. The van der Waals surface area contributed by atoms with Gasteiger partial charge in [0.15, 0.2) is 5.84 Å². The summed E-state index contributed by atoms with van der Waals surface area (Å²) in [5, 5.41) is 2.62. The summed E-state index contributed by atoms with van der Waals surface area (Å²) < 4.78 is 0. The molecule has 2 aliphatic rings. The fourth-order valence-electron chi connectivity index (χ4n) is 3.07. The number of unbranched alkanes of at least 4 members (excludes halogenated alkanes) is 4. The van der Waals surface area contributed by atoms with Gasteiger partial charge in [0.2, 0.25) is 11.9 Å². The van der Waals surface area contributed by atoms with Gasteiger partial charge in [0, 0.05) is 37.8 Å². The van der Waals surface area contributed by atoms with Gasteiger partial charge in [-0.1, -0.05) is 44.8 Å². The Hall–Kier alpha value is -2.67. The minimum Gasteiger partial charge on any atom is -0.294 e. The Labute approximate surface area is 166 Å². The summed E-state index contributed by atoms with van der Waals surface area (Å²) in [6.45, 7) is 11.5. The van der Waals surface area contributed by atoms with Gasteiger partial charge in [-0.2, -0.15) is 9.98 Å². The van der Waals surface area contributed by atoms with Gasteiger partial charge in [0.05, 0.1) is 5.57 Å². The third-order valence-corrected chi connectivity index (χ3v) is 4.45. The smallest absolute Gasteiger partial charge is 0.284 e. The molecule has 0 radical (unpaired) electrons. The second-order valence-corrected chi connectivity index (χ2v) is 6.82. The second kappa shape index (κ2) is 11.2. The predicted molar refractivity (Wildman–Crippen MR) is 114 cm³/mol. The number of guanidine groups is 1. The summed E-state index contributed by atoms with van der Waals surface area (Å²) in [6.07, 6.45) is 11.0. The van der Waals surface area contributed by atoms with E-state index in [9.17, 15) is 9.59 Å². The summed E-state index contributed by atoms with van der Waals surface area (Å²) in [6, 6.07) is 0. The molecule has 2 rings (SSSR count). The van der Waals surface area contributed by atoms with Crippen LogP contribution in [0.2, 0.25) is 0 Å². The Bertz CT molecular complexity index is 736. The first-order chi connectivity index (χ1) is 13.6. The highest BCUT2D eigenvalue weighted by atomic mass is 16.2. The number of amides is 2. The molecule has 150 valence electrons. The molecule has 0 aromatic heterocycles. The van der Waals surface area contributed by atoms with Crippen molar-refractivity contribution in [3.05, 3.63) is 36.5 Å². The van der Waals surface area contributed by atoms with Gasteiger partial charge in [-0.05, 0) is 6.42 Å². The molecule has 28 heavy (non-hydrogen) atoms. The molecule has 0 aliphatic carbocycles. The first-order valence-electron chi connectivity index (χ1n) is 9.82. The van der Waals surface area contributed by atoms with Crippen LogP contribution in [0.3, 0.4) is 0 Å². The van der Waals surface area contributed by atoms with Crippen molar-refractivity contribution in [3.8, 4) is 0 Å². The SMILES string of the molecule is C=CCN(CC=C)CC1=C2C(=O)N=C(NC(=O)CCCCCCC)N=C2N=C1. The highest BCUT2D eigenvalue weighted by Crippen LogP contribution is 2.19. The minimum atomic E-state index is -0.423. The maximum Gasteiger partial charge on any atom is 0.284 e. The fraction of sp³-hybridized carbons (Fsp3) is 0.476. The molecule has 1 N–H and O–H groups in total. The Balaban J connectivity index is 1.96. The zero-order valence-corrected chi connectivity index (χ0v) is 16.6. The maximum atomic E-state index is 12.5. The van der Waals surface area contributed by atoms with Gasteiger partial charge >= 0.3 is 0 Å². The first-order valence-corrected chi connectivity index (χ1v) is 9.82. The summed E-state index contributed by atoms with van der Waals surface area (Å²) in [4.78, 5) is 39.0. The minimum absolute atomic E-state index is 0.0229. The molecule has 0 atom stereocenters. The van der Waals surface area contributed by atoms with Crippen LogP contribution in [0.25, 0.3) is 0 Å². The number of nitrogens with one attached hydrogen (secondary N) is 1. The van der Waals surface area contributed by atoms with Crippen LogP contribution in [0, 0.1) is 0 Å². The third-order valence-electron chi connectivity index (χ3n) is 4.45. The van der Waals surface area contributed by atoms with Gasteiger partial charge < -0.3 is 0 Å². The van der Waals surface area contributed by atoms with E-state index in [4.69, 9.17) is 0 Å². The van der Waals surface area contributed by atoms with Gasteiger partial charge in [0.1, 0.15) is 0 Å². The molecule has 0 saturated heterocycles. The van der Waals surface area contributed by atoms with Crippen LogP contribution in [-0.4, -0.2) is 54.4 Å². The van der Waals surface area contributed by atoms with Crippen LogP contribution in [0.4, 0.5) is 0 Å². The average Bonchev–Trinajstić information content (AvgIpc) is 3.05. The normalized spacial score (nSPS) is 15.4. The van der Waals surface area contributed by atoms with Crippen LogP contribution < -0.4 is 5.32 Å². The molecule has 0 bridgehead atoms. The van der Waals surface area contributed by atoms with E-state index in [-0.39, 0.29) is 11.9 Å². The molecular formula is C21H29N5O2. The molecule has 0 saturated carbocycles. The van der Waals surface area contributed by atoms with E-state index in [0.29, 0.717) is 37.5 Å². The highest BCUT2D eigenvalue weighted by molar-refractivity contribution is 6.34. The molecule has 0 fully saturated rings. The molecule has 0 spiro atoms. The number of carbonyl (C=O) groups is 2. The maximum absolute atomic E-state index is 12.5. The van der Waals surface area contributed by atoms with E-state index in [1.807, 2.05) is 0 Å². The van der Waals surface area contributed by atoms with Crippen LogP contribution >= 0.6 is 0 Å². The number of carbonyl (C=O) groups excluding carboxylic acids is 2. The number of fused-ring (bicyclic) bond motifs is 1. The zero-order valence-electron chi connectivity index (χ0n) is 16.6. The highest BCUT2D eigenvalue weighted by Gasteiger charge is 2.29. The number of hydrogen-bond acceptors (Lipinski definition) is 5. The summed E-state index contributed by atoms with van der Waals surface area (Å²) in [7, 11) is 0. The predicted octanol–water partition coefficient (Wildman–Crippen LogP) is 2.81. The van der Waals surface area contributed by atoms with Gasteiger partial charge in [0.25, 0.3) is 5.91 Å². The monoisotopic (exact) mass is 383 g/mol. The van der Waals surface area contributed by atoms with Gasteiger partial charge in [-0.15, -0.1) is 13.2 Å². The lowest BCUT2D eigenvalue weighted by atomic mass is 10.1. The second-order valence-electron chi connectivity index (χ2n) is 6.82. The molecule has 2 heterocycles. The number of aliphatic imine (C=N–C) groups is 3. The molecular weight excluding hydrogens is 354 g/mol. The van der Waals surface area contributed by atoms with E-state index in [2.05, 4.69) is 45.3 Å². The molecule has 7 heteroatoms. The van der Waals surface area contributed by atoms with Crippen LogP contribution in [0.5, 0.6) is 0 Å². The number of rotatable bonds is 12. The molecule has 2 amide bonds. The van der Waals surface area contributed by atoms with Crippen molar-refractivity contribution >= 4 is 29.8 Å². The molecule has 0 aromatic rings. The number of hydrogen-bond donors (Lipinski definition) is 1. The van der Waals surface area contributed by atoms with Crippen molar-refractivity contribution < 1.29 is 9.59 Å². The largest absolute Gasteiger partial charge is 0.294 e. The van der Waals surface area contributed by atoms with Gasteiger partial charge in [-0.25, -0.2) is 4.99 Å². The van der Waals surface area contributed by atoms with Crippen molar-refractivity contribution in [2.45, 2.75) is 45.4 Å². The Morgan fingerprint density at radius 2 is 1.86 bits per heavy atom. The van der Waals surface area contributed by atoms with E-state index in [1.165, 1.54) is 12.8 Å². The lowest BCUT2D eigenvalue weighted by molar-refractivity contribution is -0.119. The molecule has 7 nitrogen and oxygen atoms in total. The standard InChI is InChI=1S/C21H29N5O2/c1-4-7-8-9-10-11-17(27)23-21-24-19-18(20(28)25-21)16(14-22-19)15-26(12-5-2)13-6-3/h5-6,14H,2-4,7-13,15H2,1H3,(H,23,25,27,28). The van der Waals surface area contributed by atoms with Gasteiger partial charge in [-0.3, -0.25) is 19.8 Å². The zero-order chi connectivity index (χ0) is 20.4. The van der Waals surface area contributed by atoms with E-state index in [0.717, 1.165) is 24.8 Å². The lowest BCUT2D eigenvalue weighted by Gasteiger charge is -2.19. The van der Waals surface area contributed by atoms with Crippen LogP contribution in [0.1, 0.15) is 45.4 Å². The van der Waals surface area contributed by atoms with Crippen molar-refractivity contribution in [2.24, 2.45) is 15.0 Å². The quantitative estimate of drug-likeness (QED) is 0.415. The lowest BCUT2D eigenvalue weighted by Crippen LogP contribution is -2.34. The Morgan fingerprint density at radius 3 is 2.54 bits per heavy atom. The third kappa shape index (κ3) is 6.20. The van der Waals surface area contributed by atoms with Crippen molar-refractivity contribution in [1.29, 1.82) is 0 Å².